The zero-order valence-electron chi connectivity index (χ0n) is 15.3. The lowest BCUT2D eigenvalue weighted by Gasteiger charge is -2.17. The Morgan fingerprint density at radius 1 is 1.25 bits per heavy atom. The van der Waals surface area contributed by atoms with Gasteiger partial charge in [-0.3, -0.25) is 9.79 Å². The van der Waals surface area contributed by atoms with Crippen molar-refractivity contribution in [2.45, 2.75) is 45.8 Å². The molecule has 0 aliphatic rings. The van der Waals surface area contributed by atoms with Gasteiger partial charge < -0.3 is 20.7 Å². The maximum Gasteiger partial charge on any atom is 0.251 e. The summed E-state index contributed by atoms with van der Waals surface area (Å²) >= 11 is 0. The maximum absolute atomic E-state index is 12.2. The molecule has 6 nitrogen and oxygen atoms in total. The van der Waals surface area contributed by atoms with Crippen molar-refractivity contribution < 1.29 is 9.53 Å². The van der Waals surface area contributed by atoms with Gasteiger partial charge in [0, 0.05) is 38.3 Å². The summed E-state index contributed by atoms with van der Waals surface area (Å²) in [5, 5.41) is 9.47. The van der Waals surface area contributed by atoms with Gasteiger partial charge in [-0.15, -0.1) is 0 Å². The summed E-state index contributed by atoms with van der Waals surface area (Å²) in [6.07, 6.45) is 0.911. The molecule has 6 heteroatoms. The topological polar surface area (TPSA) is 74.8 Å². The molecule has 0 aromatic heterocycles. The average Bonchev–Trinajstić information content (AvgIpc) is 2.58. The molecule has 1 rings (SSSR count). The second-order valence-corrected chi connectivity index (χ2v) is 5.91. The summed E-state index contributed by atoms with van der Waals surface area (Å²) in [6, 6.07) is 7.94. The number of hydrogen-bond donors (Lipinski definition) is 3. The highest BCUT2D eigenvalue weighted by molar-refractivity contribution is 5.94. The Balaban J connectivity index is 2.62. The first kappa shape index (κ1) is 20.0. The predicted molar refractivity (Wildman–Crippen MR) is 98.3 cm³/mol. The molecule has 0 fully saturated rings. The molecule has 134 valence electrons. The van der Waals surface area contributed by atoms with Crippen molar-refractivity contribution in [3.8, 4) is 0 Å². The minimum Gasteiger partial charge on any atom is -0.383 e. The Morgan fingerprint density at radius 3 is 2.62 bits per heavy atom. The fourth-order valence-electron chi connectivity index (χ4n) is 2.14. The smallest absolute Gasteiger partial charge is 0.251 e. The first-order valence-corrected chi connectivity index (χ1v) is 8.36. The molecule has 0 heterocycles. The third kappa shape index (κ3) is 7.00. The third-order valence-corrected chi connectivity index (χ3v) is 3.66. The Bertz CT molecular complexity index is 546. The lowest BCUT2D eigenvalue weighted by Crippen LogP contribution is -2.43. The van der Waals surface area contributed by atoms with E-state index in [9.17, 15) is 4.79 Å². The molecule has 0 spiro atoms. The van der Waals surface area contributed by atoms with Crippen molar-refractivity contribution in [2.24, 2.45) is 4.99 Å². The number of carbonyl (C=O) groups excluding carboxylic acids is 1. The summed E-state index contributed by atoms with van der Waals surface area (Å²) in [4.78, 5) is 16.4. The van der Waals surface area contributed by atoms with Gasteiger partial charge in [-0.05, 0) is 38.0 Å². The van der Waals surface area contributed by atoms with Gasteiger partial charge in [0.1, 0.15) is 0 Å². The first-order valence-electron chi connectivity index (χ1n) is 8.36. The number of carbonyl (C=O) groups is 1. The number of methoxy groups -OCH3 is 1. The van der Waals surface area contributed by atoms with Gasteiger partial charge in [0.15, 0.2) is 5.96 Å². The summed E-state index contributed by atoms with van der Waals surface area (Å²) in [5.74, 6) is 0.663. The molecular formula is C18H30N4O2. The van der Waals surface area contributed by atoms with E-state index in [2.05, 4.69) is 27.9 Å². The molecule has 0 aliphatic carbocycles. The Hall–Kier alpha value is -2.08. The molecule has 24 heavy (non-hydrogen) atoms. The second-order valence-electron chi connectivity index (χ2n) is 5.91. The maximum atomic E-state index is 12.2. The minimum absolute atomic E-state index is 0.0394. The predicted octanol–water partition coefficient (Wildman–Crippen LogP) is 1.91. The van der Waals surface area contributed by atoms with E-state index in [-0.39, 0.29) is 18.0 Å². The van der Waals surface area contributed by atoms with Crippen LogP contribution in [0.5, 0.6) is 0 Å². The number of nitrogens with one attached hydrogen (secondary N) is 3. The van der Waals surface area contributed by atoms with Crippen LogP contribution in [-0.2, 0) is 11.3 Å². The van der Waals surface area contributed by atoms with Gasteiger partial charge >= 0.3 is 0 Å². The van der Waals surface area contributed by atoms with Crippen LogP contribution in [0.1, 0.15) is 43.1 Å². The second kappa shape index (κ2) is 10.6. The molecule has 1 amide bonds. The van der Waals surface area contributed by atoms with E-state index in [1.807, 2.05) is 38.1 Å². The number of benzene rings is 1. The quantitative estimate of drug-likeness (QED) is 0.501. The summed E-state index contributed by atoms with van der Waals surface area (Å²) in [7, 11) is 3.40. The van der Waals surface area contributed by atoms with E-state index in [1.54, 1.807) is 14.2 Å². The van der Waals surface area contributed by atoms with Crippen molar-refractivity contribution in [1.29, 1.82) is 0 Å². The summed E-state index contributed by atoms with van der Waals surface area (Å²) in [5.41, 5.74) is 1.69. The molecule has 2 unspecified atom stereocenters. The van der Waals surface area contributed by atoms with Crippen LogP contribution in [-0.4, -0.2) is 44.7 Å². The zero-order valence-corrected chi connectivity index (χ0v) is 15.3. The number of nitrogens with zero attached hydrogens (tertiary/aromatic N) is 1. The largest absolute Gasteiger partial charge is 0.383 e. The van der Waals surface area contributed by atoms with Crippen LogP contribution in [0.2, 0.25) is 0 Å². The van der Waals surface area contributed by atoms with Crippen molar-refractivity contribution in [2.75, 3.05) is 20.8 Å². The number of amides is 1. The van der Waals surface area contributed by atoms with Crippen LogP contribution in [0, 0.1) is 0 Å². The SMILES string of the molecule is CCC(C)NC(=O)c1cccc(CNC(=NC)NC(C)COC)c1. The lowest BCUT2D eigenvalue weighted by atomic mass is 10.1. The zero-order chi connectivity index (χ0) is 17.9. The van der Waals surface area contributed by atoms with Crippen LogP contribution in [0.25, 0.3) is 0 Å². The standard InChI is InChI=1S/C18H30N4O2/c1-6-13(2)21-17(23)16-9-7-8-15(10-16)11-20-18(19-4)22-14(3)12-24-5/h7-10,13-14H,6,11-12H2,1-5H3,(H,21,23)(H2,19,20,22). The van der Waals surface area contributed by atoms with E-state index in [1.165, 1.54) is 0 Å². The van der Waals surface area contributed by atoms with E-state index in [4.69, 9.17) is 4.74 Å². The Labute approximate surface area is 145 Å². The van der Waals surface area contributed by atoms with Gasteiger partial charge in [-0.1, -0.05) is 19.1 Å². The van der Waals surface area contributed by atoms with E-state index < -0.39 is 0 Å². The third-order valence-electron chi connectivity index (χ3n) is 3.66. The molecule has 2 atom stereocenters. The van der Waals surface area contributed by atoms with Crippen LogP contribution in [0.3, 0.4) is 0 Å². The molecule has 1 aromatic carbocycles. The van der Waals surface area contributed by atoms with Crippen LogP contribution >= 0.6 is 0 Å². The number of guanidine groups is 1. The molecule has 1 aromatic rings. The highest BCUT2D eigenvalue weighted by Crippen LogP contribution is 2.06. The van der Waals surface area contributed by atoms with E-state index in [0.29, 0.717) is 24.7 Å². The average molecular weight is 334 g/mol. The van der Waals surface area contributed by atoms with Crippen molar-refractivity contribution in [3.05, 3.63) is 35.4 Å². The van der Waals surface area contributed by atoms with Crippen molar-refractivity contribution >= 4 is 11.9 Å². The number of hydrogen-bond acceptors (Lipinski definition) is 3. The highest BCUT2D eigenvalue weighted by atomic mass is 16.5. The fraction of sp³-hybridized carbons (Fsp3) is 0.556. The van der Waals surface area contributed by atoms with E-state index in [0.717, 1.165) is 12.0 Å². The van der Waals surface area contributed by atoms with Crippen molar-refractivity contribution in [3.63, 3.8) is 0 Å². The molecule has 0 radical (unpaired) electrons. The number of rotatable bonds is 8. The number of aliphatic imine (C=N–C) groups is 1. The number of ether oxygens (including phenoxy) is 1. The minimum atomic E-state index is -0.0394. The Kier molecular flexibility index (Phi) is 8.86. The van der Waals surface area contributed by atoms with Crippen LogP contribution in [0.15, 0.2) is 29.3 Å². The molecule has 0 saturated carbocycles. The van der Waals surface area contributed by atoms with Gasteiger partial charge in [0.05, 0.1) is 6.61 Å². The first-order chi connectivity index (χ1) is 11.5. The molecule has 0 bridgehead atoms. The molecule has 3 N–H and O–H groups in total. The summed E-state index contributed by atoms with van der Waals surface area (Å²) in [6.45, 7) is 7.26. The molecule has 0 saturated heterocycles. The van der Waals surface area contributed by atoms with E-state index >= 15 is 0 Å². The highest BCUT2D eigenvalue weighted by Gasteiger charge is 2.09. The summed E-state index contributed by atoms with van der Waals surface area (Å²) < 4.78 is 5.10. The van der Waals surface area contributed by atoms with Crippen molar-refractivity contribution in [1.82, 2.24) is 16.0 Å². The molecule has 0 aliphatic heterocycles. The van der Waals surface area contributed by atoms with Gasteiger partial charge in [0.25, 0.3) is 5.91 Å². The monoisotopic (exact) mass is 334 g/mol. The normalized spacial score (nSPS) is 14.0. The van der Waals surface area contributed by atoms with Gasteiger partial charge in [-0.25, -0.2) is 0 Å². The fourth-order valence-corrected chi connectivity index (χ4v) is 2.14. The van der Waals surface area contributed by atoms with Gasteiger partial charge in [0.2, 0.25) is 0 Å². The molecular weight excluding hydrogens is 304 g/mol. The lowest BCUT2D eigenvalue weighted by molar-refractivity contribution is 0.0939. The Morgan fingerprint density at radius 2 is 2.00 bits per heavy atom. The van der Waals surface area contributed by atoms with Gasteiger partial charge in [-0.2, -0.15) is 0 Å². The van der Waals surface area contributed by atoms with Crippen LogP contribution < -0.4 is 16.0 Å². The van der Waals surface area contributed by atoms with Crippen LogP contribution in [0.4, 0.5) is 0 Å².